The van der Waals surface area contributed by atoms with Crippen LogP contribution >= 0.6 is 0 Å². The Morgan fingerprint density at radius 1 is 1.13 bits per heavy atom. The smallest absolute Gasteiger partial charge is 0.159 e. The third-order valence-electron chi connectivity index (χ3n) is 4.23. The average molecular weight is 343 g/mol. The van der Waals surface area contributed by atoms with Gasteiger partial charge >= 0.3 is 0 Å². The Morgan fingerprint density at radius 3 is 2.17 bits per heavy atom. The topological polar surface area (TPSA) is 69.2 Å². The molecule has 0 saturated heterocycles. The summed E-state index contributed by atoms with van der Waals surface area (Å²) in [5.74, 6) is 0. The second-order valence-corrected chi connectivity index (χ2v) is 7.95. The Bertz CT molecular complexity index is 538. The van der Waals surface area contributed by atoms with Crippen LogP contribution in [-0.4, -0.2) is 44.1 Å². The second kappa shape index (κ2) is 9.37. The predicted molar refractivity (Wildman–Crippen MR) is 92.5 cm³/mol. The standard InChI is InChI=1S/C11H18N.C6H13NO3S/c1-4-12(2,3)10-11-8-6-5-7-9-11;8-11(9,10)7-6-4-2-1-3-5-6/h5-9H,4,10H2,1-3H3;6-7H,1-5H2,(H,8,9,10)/q+1;/p-1. The van der Waals surface area contributed by atoms with Crippen LogP contribution in [0.5, 0.6) is 0 Å². The maximum Gasteiger partial charge on any atom is 0.159 e. The average Bonchev–Trinajstić information content (AvgIpc) is 2.48. The molecule has 5 nitrogen and oxygen atoms in total. The largest absolute Gasteiger partial charge is 0.735 e. The van der Waals surface area contributed by atoms with Gasteiger partial charge < -0.3 is 9.04 Å². The Hall–Kier alpha value is -0.950. The van der Waals surface area contributed by atoms with E-state index in [1.807, 2.05) is 0 Å². The summed E-state index contributed by atoms with van der Waals surface area (Å²) in [6, 6.07) is 10.5. The minimum atomic E-state index is -4.22. The Kier molecular flexibility index (Phi) is 8.19. The molecule has 0 bridgehead atoms. The first kappa shape index (κ1) is 20.1. The van der Waals surface area contributed by atoms with Gasteiger partial charge in [-0.15, -0.1) is 0 Å². The maximum atomic E-state index is 10.2. The Balaban J connectivity index is 0.000000231. The lowest BCUT2D eigenvalue weighted by Crippen LogP contribution is -2.38. The monoisotopic (exact) mass is 342 g/mol. The highest BCUT2D eigenvalue weighted by Gasteiger charge is 2.14. The van der Waals surface area contributed by atoms with E-state index < -0.39 is 10.3 Å². The van der Waals surface area contributed by atoms with Crippen molar-refractivity contribution in [2.45, 2.75) is 51.6 Å². The molecule has 0 aliphatic heterocycles. The Labute approximate surface area is 141 Å². The molecule has 0 spiro atoms. The van der Waals surface area contributed by atoms with Crippen molar-refractivity contribution in [2.75, 3.05) is 20.6 Å². The van der Waals surface area contributed by atoms with Crippen LogP contribution in [0.15, 0.2) is 30.3 Å². The molecule has 1 fully saturated rings. The summed E-state index contributed by atoms with van der Waals surface area (Å²) in [6.45, 7) is 4.52. The summed E-state index contributed by atoms with van der Waals surface area (Å²) >= 11 is 0. The lowest BCUT2D eigenvalue weighted by molar-refractivity contribution is -0.901. The van der Waals surface area contributed by atoms with Gasteiger partial charge in [-0.3, -0.25) is 0 Å². The van der Waals surface area contributed by atoms with Gasteiger partial charge in [0.15, 0.2) is 10.3 Å². The number of benzene rings is 1. The fraction of sp³-hybridized carbons (Fsp3) is 0.647. The Morgan fingerprint density at radius 2 is 1.70 bits per heavy atom. The number of quaternary nitrogens is 1. The van der Waals surface area contributed by atoms with Crippen molar-refractivity contribution in [3.05, 3.63) is 35.9 Å². The van der Waals surface area contributed by atoms with Crippen molar-refractivity contribution in [3.8, 4) is 0 Å². The molecule has 0 amide bonds. The van der Waals surface area contributed by atoms with E-state index in [0.29, 0.717) is 0 Å². The molecule has 2 rings (SSSR count). The molecule has 1 N–H and O–H groups in total. The van der Waals surface area contributed by atoms with Crippen LogP contribution in [0.4, 0.5) is 0 Å². The van der Waals surface area contributed by atoms with Crippen molar-refractivity contribution in [2.24, 2.45) is 0 Å². The van der Waals surface area contributed by atoms with Crippen molar-refractivity contribution < 1.29 is 17.5 Å². The van der Waals surface area contributed by atoms with Crippen LogP contribution in [0.1, 0.15) is 44.6 Å². The van der Waals surface area contributed by atoms with Crippen molar-refractivity contribution in [3.63, 3.8) is 0 Å². The summed E-state index contributed by atoms with van der Waals surface area (Å²) in [4.78, 5) is 0. The zero-order valence-corrected chi connectivity index (χ0v) is 15.3. The number of hydrogen-bond acceptors (Lipinski definition) is 3. The number of rotatable bonds is 5. The van der Waals surface area contributed by atoms with Crippen LogP contribution in [0.2, 0.25) is 0 Å². The first-order valence-electron chi connectivity index (χ1n) is 8.31. The first-order valence-corrected chi connectivity index (χ1v) is 9.72. The van der Waals surface area contributed by atoms with E-state index in [0.717, 1.165) is 43.1 Å². The fourth-order valence-corrected chi connectivity index (χ4v) is 3.26. The molecule has 23 heavy (non-hydrogen) atoms. The predicted octanol–water partition coefficient (Wildman–Crippen LogP) is 2.65. The molecule has 1 aliphatic rings. The number of nitrogens with zero attached hydrogens (tertiary/aromatic N) is 1. The summed E-state index contributed by atoms with van der Waals surface area (Å²) in [7, 11) is 0.290. The van der Waals surface area contributed by atoms with E-state index in [1.165, 1.54) is 12.1 Å². The molecule has 0 aromatic heterocycles. The first-order chi connectivity index (χ1) is 10.7. The molecule has 0 unspecified atom stereocenters. The molecule has 1 aromatic rings. The SMILES string of the molecule is CC[N+](C)(C)Cc1ccccc1.O=S(=O)([O-])NC1CCCCC1. The lowest BCUT2D eigenvalue weighted by Gasteiger charge is -2.28. The van der Waals surface area contributed by atoms with Gasteiger partial charge in [-0.05, 0) is 19.8 Å². The quantitative estimate of drug-likeness (QED) is 0.661. The molecular formula is C17H30N2O3S. The van der Waals surface area contributed by atoms with Gasteiger partial charge in [-0.1, -0.05) is 49.6 Å². The van der Waals surface area contributed by atoms with Gasteiger partial charge in [0.25, 0.3) is 0 Å². The number of hydrogen-bond donors (Lipinski definition) is 1. The molecule has 1 saturated carbocycles. The molecule has 132 valence electrons. The van der Waals surface area contributed by atoms with E-state index in [4.69, 9.17) is 0 Å². The minimum Gasteiger partial charge on any atom is -0.735 e. The van der Waals surface area contributed by atoms with E-state index in [2.05, 4.69) is 56.1 Å². The van der Waals surface area contributed by atoms with Gasteiger partial charge in [0.2, 0.25) is 0 Å². The van der Waals surface area contributed by atoms with Gasteiger partial charge in [-0.25, -0.2) is 13.1 Å². The minimum absolute atomic E-state index is 0.105. The van der Waals surface area contributed by atoms with Crippen LogP contribution in [0.25, 0.3) is 0 Å². The van der Waals surface area contributed by atoms with E-state index >= 15 is 0 Å². The van der Waals surface area contributed by atoms with Crippen LogP contribution < -0.4 is 4.72 Å². The summed E-state index contributed by atoms with van der Waals surface area (Å²) in [6.07, 6.45) is 4.81. The number of nitrogens with one attached hydrogen (secondary N) is 1. The molecule has 0 radical (unpaired) electrons. The summed E-state index contributed by atoms with van der Waals surface area (Å²) in [5.41, 5.74) is 1.42. The van der Waals surface area contributed by atoms with Gasteiger partial charge in [0.1, 0.15) is 6.54 Å². The van der Waals surface area contributed by atoms with Crippen LogP contribution in [-0.2, 0) is 16.8 Å². The zero-order valence-electron chi connectivity index (χ0n) is 14.5. The normalized spacial score (nSPS) is 16.5. The molecule has 1 aliphatic carbocycles. The third kappa shape index (κ3) is 9.71. The molecule has 1 aromatic carbocycles. The second-order valence-electron chi connectivity index (χ2n) is 6.80. The third-order valence-corrected chi connectivity index (χ3v) is 4.85. The van der Waals surface area contributed by atoms with Gasteiger partial charge in [0.05, 0.1) is 20.6 Å². The highest BCUT2D eigenvalue weighted by atomic mass is 32.2. The summed E-state index contributed by atoms with van der Waals surface area (Å²) in [5, 5.41) is 0. The highest BCUT2D eigenvalue weighted by Crippen LogP contribution is 2.17. The van der Waals surface area contributed by atoms with Crippen LogP contribution in [0.3, 0.4) is 0 Å². The zero-order chi connectivity index (χ0) is 17.3. The summed E-state index contributed by atoms with van der Waals surface area (Å²) < 4.78 is 33.8. The molecule has 6 heteroatoms. The maximum absolute atomic E-state index is 10.2. The van der Waals surface area contributed by atoms with Crippen molar-refractivity contribution >= 4 is 10.3 Å². The van der Waals surface area contributed by atoms with E-state index in [9.17, 15) is 13.0 Å². The van der Waals surface area contributed by atoms with Gasteiger partial charge in [-0.2, -0.15) is 0 Å². The molecule has 0 atom stereocenters. The van der Waals surface area contributed by atoms with Crippen LogP contribution in [0, 0.1) is 0 Å². The highest BCUT2D eigenvalue weighted by molar-refractivity contribution is 7.83. The fourth-order valence-electron chi connectivity index (χ4n) is 2.61. The van der Waals surface area contributed by atoms with E-state index in [-0.39, 0.29) is 6.04 Å². The lowest BCUT2D eigenvalue weighted by atomic mass is 9.96. The molecular weight excluding hydrogens is 312 g/mol. The van der Waals surface area contributed by atoms with Crippen molar-refractivity contribution in [1.82, 2.24) is 4.72 Å². The van der Waals surface area contributed by atoms with E-state index in [1.54, 1.807) is 0 Å². The molecule has 0 heterocycles. The van der Waals surface area contributed by atoms with Gasteiger partial charge in [0, 0.05) is 11.6 Å². The van der Waals surface area contributed by atoms with Crippen molar-refractivity contribution in [1.29, 1.82) is 0 Å².